The summed E-state index contributed by atoms with van der Waals surface area (Å²) >= 11 is 5.70. The maximum Gasteiger partial charge on any atom is 0.227 e. The number of allylic oxidation sites excluding steroid dienone is 2. The molecule has 0 aromatic carbocycles. The van der Waals surface area contributed by atoms with Crippen molar-refractivity contribution in [2.24, 2.45) is 5.92 Å². The normalized spacial score (nSPS) is 17.6. The Kier molecular flexibility index (Phi) is 3.97. The van der Waals surface area contributed by atoms with Gasteiger partial charge in [-0.2, -0.15) is 4.98 Å². The average Bonchev–Trinajstić information content (AvgIpc) is 3.11. The van der Waals surface area contributed by atoms with Crippen molar-refractivity contribution in [2.45, 2.75) is 25.9 Å². The average molecular weight is 292 g/mol. The van der Waals surface area contributed by atoms with Gasteiger partial charge in [-0.15, -0.1) is 0 Å². The molecular weight excluding hydrogens is 278 g/mol. The summed E-state index contributed by atoms with van der Waals surface area (Å²) in [5.74, 6) is 2.34. The number of aromatic nitrogens is 3. The zero-order valence-electron chi connectivity index (χ0n) is 10.8. The minimum Gasteiger partial charge on any atom is -0.484 e. The van der Waals surface area contributed by atoms with Crippen LogP contribution in [0.5, 0.6) is 5.75 Å². The van der Waals surface area contributed by atoms with E-state index in [1.54, 1.807) is 18.3 Å². The van der Waals surface area contributed by atoms with E-state index in [-0.39, 0.29) is 6.61 Å². The van der Waals surface area contributed by atoms with Gasteiger partial charge in [-0.3, -0.25) is 0 Å². The molecule has 20 heavy (non-hydrogen) atoms. The van der Waals surface area contributed by atoms with Gasteiger partial charge in [-0.1, -0.05) is 28.9 Å². The molecule has 5 nitrogen and oxygen atoms in total. The van der Waals surface area contributed by atoms with Crippen LogP contribution < -0.4 is 4.74 Å². The number of hydrogen-bond donors (Lipinski definition) is 0. The summed E-state index contributed by atoms with van der Waals surface area (Å²) in [5.41, 5.74) is 0. The molecule has 0 spiro atoms. The molecule has 1 aliphatic rings. The van der Waals surface area contributed by atoms with Crippen molar-refractivity contribution in [3.63, 3.8) is 0 Å². The minimum atomic E-state index is 0.257. The number of rotatable bonds is 5. The van der Waals surface area contributed by atoms with Gasteiger partial charge in [0.2, 0.25) is 11.7 Å². The van der Waals surface area contributed by atoms with Gasteiger partial charge in [-0.25, -0.2) is 4.98 Å². The Morgan fingerprint density at radius 1 is 1.40 bits per heavy atom. The van der Waals surface area contributed by atoms with E-state index in [9.17, 15) is 0 Å². The maximum absolute atomic E-state index is 5.70. The molecule has 1 aliphatic carbocycles. The molecule has 0 aliphatic heterocycles. The van der Waals surface area contributed by atoms with Crippen molar-refractivity contribution >= 4 is 11.6 Å². The first kappa shape index (κ1) is 13.1. The quantitative estimate of drug-likeness (QED) is 0.625. The largest absolute Gasteiger partial charge is 0.484 e. The zero-order chi connectivity index (χ0) is 13.8. The lowest BCUT2D eigenvalue weighted by Gasteiger charge is -2.02. The third-order valence-corrected chi connectivity index (χ3v) is 3.35. The van der Waals surface area contributed by atoms with Crippen molar-refractivity contribution < 1.29 is 9.26 Å². The molecule has 0 saturated carbocycles. The Bertz CT molecular complexity index is 595. The Hall–Kier alpha value is -1.88. The van der Waals surface area contributed by atoms with Crippen LogP contribution in [0.15, 0.2) is 35.0 Å². The van der Waals surface area contributed by atoms with E-state index in [4.69, 9.17) is 20.9 Å². The summed E-state index contributed by atoms with van der Waals surface area (Å²) in [4.78, 5) is 8.26. The van der Waals surface area contributed by atoms with Gasteiger partial charge in [0.1, 0.15) is 10.9 Å². The lowest BCUT2D eigenvalue weighted by molar-refractivity contribution is 0.283. The molecule has 1 unspecified atom stereocenters. The van der Waals surface area contributed by atoms with Crippen molar-refractivity contribution in [1.29, 1.82) is 0 Å². The number of hydrogen-bond acceptors (Lipinski definition) is 5. The van der Waals surface area contributed by atoms with E-state index in [2.05, 4.69) is 27.3 Å². The summed E-state index contributed by atoms with van der Waals surface area (Å²) in [6.07, 6.45) is 9.06. The molecule has 3 rings (SSSR count). The monoisotopic (exact) mass is 291 g/mol. The van der Waals surface area contributed by atoms with E-state index < -0.39 is 0 Å². The van der Waals surface area contributed by atoms with Crippen LogP contribution in [-0.2, 0) is 13.0 Å². The van der Waals surface area contributed by atoms with E-state index in [1.807, 2.05) is 0 Å². The predicted molar refractivity (Wildman–Crippen MR) is 73.4 cm³/mol. The first-order valence-electron chi connectivity index (χ1n) is 6.52. The molecule has 1 atom stereocenters. The van der Waals surface area contributed by atoms with Gasteiger partial charge in [0, 0.05) is 6.42 Å². The SMILES string of the molecule is Clc1ccc(OCc2noc(CC3C=CCC3)n2)cn1. The first-order chi connectivity index (χ1) is 9.79. The third kappa shape index (κ3) is 3.36. The third-order valence-electron chi connectivity index (χ3n) is 3.13. The molecule has 0 N–H and O–H groups in total. The second-order valence-electron chi connectivity index (χ2n) is 4.68. The van der Waals surface area contributed by atoms with Gasteiger partial charge in [0.15, 0.2) is 6.61 Å². The van der Waals surface area contributed by atoms with Gasteiger partial charge in [0.25, 0.3) is 0 Å². The molecule has 104 valence electrons. The fourth-order valence-corrected chi connectivity index (χ4v) is 2.23. The van der Waals surface area contributed by atoms with E-state index in [0.717, 1.165) is 19.3 Å². The van der Waals surface area contributed by atoms with Crippen molar-refractivity contribution in [3.05, 3.63) is 47.3 Å². The zero-order valence-corrected chi connectivity index (χ0v) is 11.6. The highest BCUT2D eigenvalue weighted by Crippen LogP contribution is 2.21. The number of pyridine rings is 1. The number of nitrogens with zero attached hydrogens (tertiary/aromatic N) is 3. The summed E-state index contributed by atoms with van der Waals surface area (Å²) in [7, 11) is 0. The highest BCUT2D eigenvalue weighted by molar-refractivity contribution is 6.29. The van der Waals surface area contributed by atoms with E-state index in [0.29, 0.717) is 28.5 Å². The van der Waals surface area contributed by atoms with Crippen LogP contribution in [0.4, 0.5) is 0 Å². The second kappa shape index (κ2) is 6.05. The summed E-state index contributed by atoms with van der Waals surface area (Å²) in [6.45, 7) is 0.257. The van der Waals surface area contributed by atoms with Gasteiger partial charge in [-0.05, 0) is 30.9 Å². The lowest BCUT2D eigenvalue weighted by atomic mass is 10.1. The number of halogens is 1. The molecule has 0 bridgehead atoms. The van der Waals surface area contributed by atoms with Crippen LogP contribution >= 0.6 is 11.6 Å². The molecule has 2 heterocycles. The maximum atomic E-state index is 5.70. The topological polar surface area (TPSA) is 61.0 Å². The smallest absolute Gasteiger partial charge is 0.227 e. The first-order valence-corrected chi connectivity index (χ1v) is 6.90. The lowest BCUT2D eigenvalue weighted by Crippen LogP contribution is -2.00. The number of ether oxygens (including phenoxy) is 1. The van der Waals surface area contributed by atoms with E-state index in [1.165, 1.54) is 0 Å². The second-order valence-corrected chi connectivity index (χ2v) is 5.07. The van der Waals surface area contributed by atoms with Crippen LogP contribution in [-0.4, -0.2) is 15.1 Å². The Morgan fingerprint density at radius 2 is 2.35 bits per heavy atom. The fourth-order valence-electron chi connectivity index (χ4n) is 2.12. The molecule has 0 amide bonds. The molecule has 2 aromatic rings. The van der Waals surface area contributed by atoms with Crippen LogP contribution in [0.1, 0.15) is 24.6 Å². The summed E-state index contributed by atoms with van der Waals surface area (Å²) in [5, 5.41) is 4.34. The van der Waals surface area contributed by atoms with Crippen LogP contribution in [0, 0.1) is 5.92 Å². The van der Waals surface area contributed by atoms with Crippen molar-refractivity contribution in [1.82, 2.24) is 15.1 Å². The molecule has 6 heteroatoms. The van der Waals surface area contributed by atoms with Gasteiger partial charge < -0.3 is 9.26 Å². The Morgan fingerprint density at radius 3 is 3.10 bits per heavy atom. The van der Waals surface area contributed by atoms with Crippen LogP contribution in [0.2, 0.25) is 5.15 Å². The summed E-state index contributed by atoms with van der Waals surface area (Å²) in [6, 6.07) is 3.42. The van der Waals surface area contributed by atoms with E-state index >= 15 is 0 Å². The van der Waals surface area contributed by atoms with Crippen LogP contribution in [0.3, 0.4) is 0 Å². The van der Waals surface area contributed by atoms with Crippen LogP contribution in [0.25, 0.3) is 0 Å². The predicted octanol–water partition coefficient (Wildman–Crippen LogP) is 3.21. The Balaban J connectivity index is 1.54. The Labute approximate surface area is 121 Å². The van der Waals surface area contributed by atoms with Crippen molar-refractivity contribution in [2.75, 3.05) is 0 Å². The molecule has 0 fully saturated rings. The van der Waals surface area contributed by atoms with Gasteiger partial charge in [0.05, 0.1) is 6.20 Å². The molecular formula is C14H14ClN3O2. The minimum absolute atomic E-state index is 0.257. The molecule has 0 saturated heterocycles. The molecule has 2 aromatic heterocycles. The van der Waals surface area contributed by atoms with Gasteiger partial charge >= 0.3 is 0 Å². The summed E-state index contributed by atoms with van der Waals surface area (Å²) < 4.78 is 10.7. The standard InChI is InChI=1S/C14H14ClN3O2/c15-12-6-5-11(8-16-12)19-9-13-17-14(20-18-13)7-10-3-1-2-4-10/h1,3,5-6,8,10H,2,4,7,9H2. The fraction of sp³-hybridized carbons (Fsp3) is 0.357. The highest BCUT2D eigenvalue weighted by atomic mass is 35.5. The molecule has 0 radical (unpaired) electrons. The highest BCUT2D eigenvalue weighted by Gasteiger charge is 2.15. The van der Waals surface area contributed by atoms with Crippen molar-refractivity contribution in [3.8, 4) is 5.75 Å².